The minimum Gasteiger partial charge on any atom is -0.489 e. The minimum atomic E-state index is -0.700. The second-order valence-corrected chi connectivity index (χ2v) is 4.27. The molecule has 0 N–H and O–H groups in total. The van der Waals surface area contributed by atoms with E-state index in [0.717, 1.165) is 12.1 Å². The molecule has 0 aliphatic heterocycles. The van der Waals surface area contributed by atoms with Crippen LogP contribution in [0.1, 0.15) is 11.1 Å². The number of non-ortho nitro benzene ring substituents is 1. The van der Waals surface area contributed by atoms with Gasteiger partial charge in [-0.15, -0.1) is 0 Å². The van der Waals surface area contributed by atoms with Gasteiger partial charge in [0.1, 0.15) is 24.0 Å². The predicted molar refractivity (Wildman–Crippen MR) is 68.5 cm³/mol. The third kappa shape index (κ3) is 3.28. The lowest BCUT2D eigenvalue weighted by atomic mass is 10.2. The smallest absolute Gasteiger partial charge is 0.272 e. The summed E-state index contributed by atoms with van der Waals surface area (Å²) in [6.07, 6.45) is 0. The number of ether oxygens (including phenoxy) is 1. The van der Waals surface area contributed by atoms with Crippen molar-refractivity contribution in [3.63, 3.8) is 0 Å². The molecule has 0 spiro atoms. The first kappa shape index (κ1) is 13.9. The highest BCUT2D eigenvalue weighted by atomic mass is 19.1. The zero-order chi connectivity index (χ0) is 14.7. The van der Waals surface area contributed by atoms with Gasteiger partial charge in [-0.05, 0) is 42.3 Å². The molecule has 0 aliphatic carbocycles. The first-order valence-electron chi connectivity index (χ1n) is 5.78. The van der Waals surface area contributed by atoms with Gasteiger partial charge in [-0.1, -0.05) is 0 Å². The maximum absolute atomic E-state index is 13.2. The molecule has 0 saturated heterocycles. The highest BCUT2D eigenvalue weighted by Gasteiger charge is 2.10. The summed E-state index contributed by atoms with van der Waals surface area (Å²) in [4.78, 5) is 9.96. The van der Waals surface area contributed by atoms with Crippen LogP contribution in [0.2, 0.25) is 0 Å². The average Bonchev–Trinajstić information content (AvgIpc) is 2.37. The van der Waals surface area contributed by atoms with Gasteiger partial charge in [0.2, 0.25) is 0 Å². The van der Waals surface area contributed by atoms with Crippen LogP contribution in [0.15, 0.2) is 36.4 Å². The second kappa shape index (κ2) is 5.64. The lowest BCUT2D eigenvalue weighted by Gasteiger charge is -2.09. The molecular formula is C14H11F2NO3. The van der Waals surface area contributed by atoms with Gasteiger partial charge in [0, 0.05) is 6.07 Å². The van der Waals surface area contributed by atoms with Crippen molar-refractivity contribution in [3.8, 4) is 5.75 Å². The summed E-state index contributed by atoms with van der Waals surface area (Å²) in [6.45, 7) is 1.64. The van der Waals surface area contributed by atoms with Crippen molar-refractivity contribution >= 4 is 5.69 Å². The standard InChI is InChI=1S/C14H11F2NO3/c1-9-4-11(15)2-3-14(9)20-8-10-5-12(16)7-13(6-10)17(18)19/h2-7H,8H2,1H3. The fourth-order valence-corrected chi connectivity index (χ4v) is 1.76. The summed E-state index contributed by atoms with van der Waals surface area (Å²) in [5, 5.41) is 10.6. The van der Waals surface area contributed by atoms with E-state index < -0.39 is 10.7 Å². The SMILES string of the molecule is Cc1cc(F)ccc1OCc1cc(F)cc([N+](=O)[O-])c1. The Hall–Kier alpha value is -2.50. The van der Waals surface area contributed by atoms with Gasteiger partial charge in [-0.2, -0.15) is 0 Å². The highest BCUT2D eigenvalue weighted by molar-refractivity contribution is 5.36. The van der Waals surface area contributed by atoms with Crippen LogP contribution in [-0.2, 0) is 6.61 Å². The predicted octanol–water partition coefficient (Wildman–Crippen LogP) is 3.76. The number of nitrogens with zero attached hydrogens (tertiary/aromatic N) is 1. The molecule has 0 aliphatic rings. The van der Waals surface area contributed by atoms with Crippen molar-refractivity contribution in [2.75, 3.05) is 0 Å². The molecule has 2 aromatic carbocycles. The van der Waals surface area contributed by atoms with Crippen molar-refractivity contribution < 1.29 is 18.4 Å². The fraction of sp³-hybridized carbons (Fsp3) is 0.143. The second-order valence-electron chi connectivity index (χ2n) is 4.27. The molecule has 0 bridgehead atoms. The first-order valence-corrected chi connectivity index (χ1v) is 5.78. The van der Waals surface area contributed by atoms with Crippen LogP contribution in [0, 0.1) is 28.7 Å². The lowest BCUT2D eigenvalue weighted by Crippen LogP contribution is -1.99. The van der Waals surface area contributed by atoms with E-state index >= 15 is 0 Å². The van der Waals surface area contributed by atoms with Crippen LogP contribution < -0.4 is 4.74 Å². The van der Waals surface area contributed by atoms with Crippen LogP contribution in [0.3, 0.4) is 0 Å². The van der Waals surface area contributed by atoms with E-state index in [-0.39, 0.29) is 18.1 Å². The molecule has 6 heteroatoms. The lowest BCUT2D eigenvalue weighted by molar-refractivity contribution is -0.385. The zero-order valence-electron chi connectivity index (χ0n) is 10.6. The van der Waals surface area contributed by atoms with Gasteiger partial charge < -0.3 is 4.74 Å². The molecule has 2 aromatic rings. The number of nitro groups is 1. The molecule has 20 heavy (non-hydrogen) atoms. The molecule has 0 unspecified atom stereocenters. The van der Waals surface area contributed by atoms with Crippen molar-refractivity contribution in [3.05, 3.63) is 69.3 Å². The maximum atomic E-state index is 13.2. The largest absolute Gasteiger partial charge is 0.489 e. The molecule has 2 rings (SSSR count). The van der Waals surface area contributed by atoms with Crippen molar-refractivity contribution in [2.45, 2.75) is 13.5 Å². The third-order valence-electron chi connectivity index (χ3n) is 2.68. The van der Waals surface area contributed by atoms with E-state index in [1.807, 2.05) is 0 Å². The van der Waals surface area contributed by atoms with Gasteiger partial charge >= 0.3 is 0 Å². The zero-order valence-corrected chi connectivity index (χ0v) is 10.6. The summed E-state index contributed by atoms with van der Waals surface area (Å²) >= 11 is 0. The van der Waals surface area contributed by atoms with E-state index in [1.54, 1.807) is 6.92 Å². The summed E-state index contributed by atoms with van der Waals surface area (Å²) in [7, 11) is 0. The average molecular weight is 279 g/mol. The molecule has 0 atom stereocenters. The Kier molecular flexibility index (Phi) is 3.93. The molecule has 0 aromatic heterocycles. The Balaban J connectivity index is 2.16. The number of hydrogen-bond donors (Lipinski definition) is 0. The molecule has 0 radical (unpaired) electrons. The van der Waals surface area contributed by atoms with Crippen molar-refractivity contribution in [1.82, 2.24) is 0 Å². The number of rotatable bonds is 4. The monoisotopic (exact) mass is 279 g/mol. The van der Waals surface area contributed by atoms with Crippen molar-refractivity contribution in [2.24, 2.45) is 0 Å². The van der Waals surface area contributed by atoms with E-state index in [9.17, 15) is 18.9 Å². The third-order valence-corrected chi connectivity index (χ3v) is 2.68. The molecule has 4 nitrogen and oxygen atoms in total. The first-order chi connectivity index (χ1) is 9.45. The Morgan fingerprint density at radius 2 is 1.90 bits per heavy atom. The van der Waals surface area contributed by atoms with Gasteiger partial charge in [0.25, 0.3) is 5.69 Å². The van der Waals surface area contributed by atoms with Crippen LogP contribution in [0.5, 0.6) is 5.75 Å². The maximum Gasteiger partial charge on any atom is 0.272 e. The number of aryl methyl sites for hydroxylation is 1. The summed E-state index contributed by atoms with van der Waals surface area (Å²) < 4.78 is 31.6. The van der Waals surface area contributed by atoms with Crippen molar-refractivity contribution in [1.29, 1.82) is 0 Å². The topological polar surface area (TPSA) is 52.4 Å². The highest BCUT2D eigenvalue weighted by Crippen LogP contribution is 2.21. The molecule has 0 amide bonds. The molecule has 0 saturated carbocycles. The normalized spacial score (nSPS) is 10.3. The summed E-state index contributed by atoms with van der Waals surface area (Å²) in [6, 6.07) is 7.25. The van der Waals surface area contributed by atoms with Crippen LogP contribution in [0.4, 0.5) is 14.5 Å². The van der Waals surface area contributed by atoms with Gasteiger partial charge in [0.05, 0.1) is 11.0 Å². The number of hydrogen-bond acceptors (Lipinski definition) is 3. The Labute approximate surface area is 113 Å². The van der Waals surface area contributed by atoms with E-state index in [4.69, 9.17) is 4.74 Å². The minimum absolute atomic E-state index is 0.0366. The summed E-state index contributed by atoms with van der Waals surface area (Å²) in [5.74, 6) is -0.636. The Morgan fingerprint density at radius 3 is 2.55 bits per heavy atom. The van der Waals surface area contributed by atoms with E-state index in [0.29, 0.717) is 16.9 Å². The van der Waals surface area contributed by atoms with Crippen LogP contribution in [0.25, 0.3) is 0 Å². The molecule has 0 fully saturated rings. The fourth-order valence-electron chi connectivity index (χ4n) is 1.76. The van der Waals surface area contributed by atoms with E-state index in [1.165, 1.54) is 24.3 Å². The number of benzene rings is 2. The quantitative estimate of drug-likeness (QED) is 0.632. The van der Waals surface area contributed by atoms with Gasteiger partial charge in [-0.3, -0.25) is 10.1 Å². The van der Waals surface area contributed by atoms with Crippen LogP contribution >= 0.6 is 0 Å². The molecule has 0 heterocycles. The van der Waals surface area contributed by atoms with Gasteiger partial charge in [0.15, 0.2) is 0 Å². The molecule has 104 valence electrons. The van der Waals surface area contributed by atoms with Crippen LogP contribution in [-0.4, -0.2) is 4.92 Å². The molecular weight excluding hydrogens is 268 g/mol. The Morgan fingerprint density at radius 1 is 1.15 bits per heavy atom. The van der Waals surface area contributed by atoms with Gasteiger partial charge in [-0.25, -0.2) is 8.78 Å². The van der Waals surface area contributed by atoms with E-state index in [2.05, 4.69) is 0 Å². The number of halogens is 2. The summed E-state index contributed by atoms with van der Waals surface area (Å²) in [5.41, 5.74) is 0.593. The Bertz CT molecular complexity index is 659. The number of nitro benzene ring substituents is 1.